The first-order valence-corrected chi connectivity index (χ1v) is 7.97. The fourth-order valence-corrected chi connectivity index (χ4v) is 4.58. The lowest BCUT2D eigenvalue weighted by Gasteiger charge is -2.32. The quantitative estimate of drug-likeness (QED) is 0.389. The maximum atomic E-state index is 12.9. The van der Waals surface area contributed by atoms with Crippen molar-refractivity contribution in [3.8, 4) is 0 Å². The van der Waals surface area contributed by atoms with Crippen LogP contribution in [0.1, 0.15) is 24.8 Å². The highest BCUT2D eigenvalue weighted by Gasteiger charge is 2.63. The molecule has 3 unspecified atom stereocenters. The van der Waals surface area contributed by atoms with E-state index in [1.807, 2.05) is 0 Å². The Morgan fingerprint density at radius 1 is 1.54 bits per heavy atom. The van der Waals surface area contributed by atoms with Crippen LogP contribution in [0.2, 0.25) is 0 Å². The Hall–Kier alpha value is -2.57. The van der Waals surface area contributed by atoms with Crippen molar-refractivity contribution >= 4 is 23.3 Å². The van der Waals surface area contributed by atoms with Crippen molar-refractivity contribution in [1.82, 2.24) is 4.90 Å². The van der Waals surface area contributed by atoms with Crippen LogP contribution >= 0.6 is 0 Å². The number of nitrogens with one attached hydrogen (secondary N) is 1. The second-order valence-corrected chi connectivity index (χ2v) is 6.47. The van der Waals surface area contributed by atoms with E-state index in [1.165, 1.54) is 7.11 Å². The number of azide groups is 1. The number of nitrogens with zero attached hydrogens (tertiary/aromatic N) is 4. The molecule has 3 atom stereocenters. The van der Waals surface area contributed by atoms with Gasteiger partial charge in [0.2, 0.25) is 5.91 Å². The molecule has 1 spiro atoms. The van der Waals surface area contributed by atoms with E-state index in [0.717, 1.165) is 24.9 Å². The molecule has 3 aliphatic rings. The minimum atomic E-state index is -0.879. The zero-order valence-electron chi connectivity index (χ0n) is 13.2. The van der Waals surface area contributed by atoms with Crippen molar-refractivity contribution in [2.45, 2.75) is 30.8 Å². The molecule has 1 aromatic carbocycles. The number of carbonyl (C=O) groups excluding carboxylic acids is 2. The van der Waals surface area contributed by atoms with Crippen LogP contribution in [-0.2, 0) is 19.9 Å². The molecule has 3 heterocycles. The molecule has 0 saturated carbocycles. The maximum Gasteiger partial charge on any atom is 0.310 e. The molecule has 3 aliphatic heterocycles. The molecule has 0 radical (unpaired) electrons. The van der Waals surface area contributed by atoms with Crippen LogP contribution in [0.3, 0.4) is 0 Å². The Bertz CT molecular complexity index is 788. The van der Waals surface area contributed by atoms with Gasteiger partial charge in [-0.05, 0) is 43.5 Å². The number of carbonyl (C=O) groups is 2. The summed E-state index contributed by atoms with van der Waals surface area (Å²) in [5, 5.41) is 6.57. The third kappa shape index (κ3) is 1.81. The Morgan fingerprint density at radius 3 is 3.12 bits per heavy atom. The molecule has 4 rings (SSSR count). The van der Waals surface area contributed by atoms with Crippen molar-refractivity contribution in [1.29, 1.82) is 0 Å². The van der Waals surface area contributed by atoms with Gasteiger partial charge in [-0.1, -0.05) is 11.2 Å². The maximum absolute atomic E-state index is 12.9. The van der Waals surface area contributed by atoms with Gasteiger partial charge in [0.25, 0.3) is 0 Å². The van der Waals surface area contributed by atoms with Crippen LogP contribution in [0, 0.1) is 5.92 Å². The summed E-state index contributed by atoms with van der Waals surface area (Å²) in [6.07, 6.45) is 2.21. The van der Waals surface area contributed by atoms with E-state index in [1.54, 1.807) is 18.2 Å². The largest absolute Gasteiger partial charge is 0.469 e. The van der Waals surface area contributed by atoms with E-state index in [-0.39, 0.29) is 23.8 Å². The Morgan fingerprint density at radius 2 is 2.38 bits per heavy atom. The van der Waals surface area contributed by atoms with Gasteiger partial charge in [0.15, 0.2) is 0 Å². The summed E-state index contributed by atoms with van der Waals surface area (Å²) in [5.41, 5.74) is 9.77. The van der Waals surface area contributed by atoms with E-state index >= 15 is 0 Å². The van der Waals surface area contributed by atoms with Gasteiger partial charge >= 0.3 is 5.97 Å². The third-order valence-electron chi connectivity index (χ3n) is 5.51. The van der Waals surface area contributed by atoms with Crippen LogP contribution in [0.5, 0.6) is 0 Å². The van der Waals surface area contributed by atoms with Gasteiger partial charge in [-0.3, -0.25) is 14.5 Å². The second kappa shape index (κ2) is 5.22. The minimum Gasteiger partial charge on any atom is -0.469 e. The molecule has 1 N–H and O–H groups in total. The molecular formula is C16H17N5O3. The van der Waals surface area contributed by atoms with Crippen molar-refractivity contribution in [3.63, 3.8) is 0 Å². The standard InChI is InChI=1S/C16H17N5O3/c1-24-14(22)10-8-16(21-6-2-3-13(10)21)11-7-9(19-20-17)4-5-12(11)18-15(16)23/h4-5,7,10,13H,2-3,6,8H2,1H3,(H,18,23). The van der Waals surface area contributed by atoms with Gasteiger partial charge in [0.1, 0.15) is 5.54 Å². The van der Waals surface area contributed by atoms with Crippen molar-refractivity contribution in [2.24, 2.45) is 11.0 Å². The topological polar surface area (TPSA) is 107 Å². The van der Waals surface area contributed by atoms with E-state index < -0.39 is 5.54 Å². The number of hydrogen-bond donors (Lipinski definition) is 1. The molecule has 2 fully saturated rings. The first-order valence-electron chi connectivity index (χ1n) is 7.97. The van der Waals surface area contributed by atoms with E-state index in [0.29, 0.717) is 17.8 Å². The summed E-state index contributed by atoms with van der Waals surface area (Å²) in [6.45, 7) is 0.761. The molecule has 124 valence electrons. The van der Waals surface area contributed by atoms with Crippen LogP contribution in [-0.4, -0.2) is 36.5 Å². The summed E-state index contributed by atoms with van der Waals surface area (Å²) in [6, 6.07) is 5.19. The van der Waals surface area contributed by atoms with Gasteiger partial charge in [-0.2, -0.15) is 0 Å². The highest BCUT2D eigenvalue weighted by Crippen LogP contribution is 2.55. The van der Waals surface area contributed by atoms with Crippen molar-refractivity contribution < 1.29 is 14.3 Å². The van der Waals surface area contributed by atoms with Crippen molar-refractivity contribution in [2.75, 3.05) is 19.0 Å². The van der Waals surface area contributed by atoms with Gasteiger partial charge < -0.3 is 10.1 Å². The molecule has 2 saturated heterocycles. The van der Waals surface area contributed by atoms with E-state index in [2.05, 4.69) is 20.2 Å². The zero-order valence-corrected chi connectivity index (χ0v) is 13.2. The average molecular weight is 327 g/mol. The summed E-state index contributed by atoms with van der Waals surface area (Å²) in [5.74, 6) is -0.706. The fraction of sp³-hybridized carbons (Fsp3) is 0.500. The number of anilines is 1. The molecule has 0 aromatic heterocycles. The normalized spacial score (nSPS) is 30.6. The monoisotopic (exact) mass is 327 g/mol. The predicted molar refractivity (Wildman–Crippen MR) is 85.4 cm³/mol. The van der Waals surface area contributed by atoms with Crippen LogP contribution in [0.25, 0.3) is 10.4 Å². The minimum absolute atomic E-state index is 0.0114. The Balaban J connectivity index is 1.86. The first-order chi connectivity index (χ1) is 11.6. The Kier molecular flexibility index (Phi) is 3.26. The highest BCUT2D eigenvalue weighted by molar-refractivity contribution is 6.07. The summed E-state index contributed by atoms with van der Waals surface area (Å²) < 4.78 is 4.97. The lowest BCUT2D eigenvalue weighted by molar-refractivity contribution is -0.146. The van der Waals surface area contributed by atoms with Crippen molar-refractivity contribution in [3.05, 3.63) is 34.2 Å². The zero-order chi connectivity index (χ0) is 16.9. The Labute approximate surface area is 138 Å². The lowest BCUT2D eigenvalue weighted by Crippen LogP contribution is -2.47. The third-order valence-corrected chi connectivity index (χ3v) is 5.51. The summed E-state index contributed by atoms with van der Waals surface area (Å²) >= 11 is 0. The molecule has 0 aliphatic carbocycles. The second-order valence-electron chi connectivity index (χ2n) is 6.47. The molecule has 0 bridgehead atoms. The number of hydrogen-bond acceptors (Lipinski definition) is 5. The first kappa shape index (κ1) is 15.0. The smallest absolute Gasteiger partial charge is 0.310 e. The summed E-state index contributed by atoms with van der Waals surface area (Å²) in [4.78, 5) is 30.1. The number of esters is 1. The highest BCUT2D eigenvalue weighted by atomic mass is 16.5. The molecule has 8 nitrogen and oxygen atoms in total. The predicted octanol–water partition coefficient (Wildman–Crippen LogP) is 2.43. The number of methoxy groups -OCH3 is 1. The van der Waals surface area contributed by atoms with Crippen LogP contribution < -0.4 is 5.32 Å². The van der Waals surface area contributed by atoms with E-state index in [4.69, 9.17) is 10.3 Å². The lowest BCUT2D eigenvalue weighted by atomic mass is 9.84. The van der Waals surface area contributed by atoms with Crippen LogP contribution in [0.4, 0.5) is 11.4 Å². The number of benzene rings is 1. The van der Waals surface area contributed by atoms with Gasteiger partial charge in [-0.15, -0.1) is 0 Å². The number of rotatable bonds is 2. The van der Waals surface area contributed by atoms with Gasteiger partial charge in [0.05, 0.1) is 13.0 Å². The molecule has 8 heteroatoms. The SMILES string of the molecule is COC(=O)C1CC2(C(=O)Nc3ccc(N=[N+]=[N-])cc32)N2CCCC12. The molecular weight excluding hydrogens is 310 g/mol. The number of amides is 1. The number of ether oxygens (including phenoxy) is 1. The molecule has 24 heavy (non-hydrogen) atoms. The molecule has 1 amide bonds. The van der Waals surface area contributed by atoms with E-state index in [9.17, 15) is 9.59 Å². The van der Waals surface area contributed by atoms with Crippen LogP contribution in [0.15, 0.2) is 23.3 Å². The average Bonchev–Trinajstić information content (AvgIpc) is 3.23. The van der Waals surface area contributed by atoms with Gasteiger partial charge in [-0.25, -0.2) is 0 Å². The fourth-order valence-electron chi connectivity index (χ4n) is 4.58. The molecule has 1 aromatic rings. The van der Waals surface area contributed by atoms with Gasteiger partial charge in [0, 0.05) is 27.9 Å². The number of fused-ring (bicyclic) bond motifs is 4. The summed E-state index contributed by atoms with van der Waals surface area (Å²) in [7, 11) is 1.38.